The fourth-order valence-electron chi connectivity index (χ4n) is 1.94. The van der Waals surface area contributed by atoms with Gasteiger partial charge in [0.2, 0.25) is 0 Å². The lowest BCUT2D eigenvalue weighted by atomic mass is 9.97. The first kappa shape index (κ1) is 14.5. The van der Waals surface area contributed by atoms with Gasteiger partial charge in [-0.3, -0.25) is 4.79 Å². The van der Waals surface area contributed by atoms with Gasteiger partial charge in [0.25, 0.3) is 0 Å². The summed E-state index contributed by atoms with van der Waals surface area (Å²) in [7, 11) is 3.06. The molecule has 0 spiro atoms. The molecule has 0 fully saturated rings. The summed E-state index contributed by atoms with van der Waals surface area (Å²) in [6.45, 7) is 7.03. The number of methoxy groups -OCH3 is 2. The van der Waals surface area contributed by atoms with Crippen molar-refractivity contribution < 1.29 is 14.3 Å². The second kappa shape index (κ2) is 6.40. The highest BCUT2D eigenvalue weighted by atomic mass is 16.5. The van der Waals surface area contributed by atoms with Crippen LogP contribution in [-0.4, -0.2) is 26.7 Å². The first-order valence-corrected chi connectivity index (χ1v) is 5.92. The molecule has 0 aliphatic heterocycles. The maximum atomic E-state index is 11.0. The van der Waals surface area contributed by atoms with E-state index in [4.69, 9.17) is 4.74 Å². The number of hydrogen-bond donors (Lipinski definition) is 1. The van der Waals surface area contributed by atoms with Crippen molar-refractivity contribution in [3.63, 3.8) is 0 Å². The molecule has 18 heavy (non-hydrogen) atoms. The van der Waals surface area contributed by atoms with E-state index in [9.17, 15) is 4.79 Å². The van der Waals surface area contributed by atoms with Gasteiger partial charge in [0, 0.05) is 6.54 Å². The Hall–Kier alpha value is -1.55. The first-order valence-electron chi connectivity index (χ1n) is 5.92. The summed E-state index contributed by atoms with van der Waals surface area (Å²) in [4.78, 5) is 11.0. The van der Waals surface area contributed by atoms with Gasteiger partial charge in [-0.05, 0) is 49.1 Å². The molecule has 1 N–H and O–H groups in total. The molecular weight excluding hydrogens is 230 g/mol. The maximum Gasteiger partial charge on any atom is 0.319 e. The van der Waals surface area contributed by atoms with Crippen LogP contribution >= 0.6 is 0 Å². The average Bonchev–Trinajstić information content (AvgIpc) is 2.37. The summed E-state index contributed by atoms with van der Waals surface area (Å²) in [6.07, 6.45) is 0. The highest BCUT2D eigenvalue weighted by molar-refractivity contribution is 5.71. The lowest BCUT2D eigenvalue weighted by molar-refractivity contribution is -0.139. The third-order valence-electron chi connectivity index (χ3n) is 3.23. The molecule has 0 atom stereocenters. The number of hydrogen-bond acceptors (Lipinski definition) is 4. The molecule has 0 bridgehead atoms. The molecule has 0 saturated heterocycles. The van der Waals surface area contributed by atoms with Crippen LogP contribution in [0.15, 0.2) is 6.07 Å². The van der Waals surface area contributed by atoms with E-state index in [1.54, 1.807) is 7.11 Å². The third-order valence-corrected chi connectivity index (χ3v) is 3.23. The Morgan fingerprint density at radius 1 is 1.22 bits per heavy atom. The van der Waals surface area contributed by atoms with Crippen LogP contribution in [0.25, 0.3) is 0 Å². The number of rotatable bonds is 5. The van der Waals surface area contributed by atoms with Crippen molar-refractivity contribution in [1.29, 1.82) is 0 Å². The zero-order valence-electron chi connectivity index (χ0n) is 11.7. The van der Waals surface area contributed by atoms with Crippen LogP contribution in [0.1, 0.15) is 22.3 Å². The second-order valence-corrected chi connectivity index (χ2v) is 4.30. The molecule has 0 amide bonds. The summed E-state index contributed by atoms with van der Waals surface area (Å²) >= 11 is 0. The van der Waals surface area contributed by atoms with Gasteiger partial charge in [-0.25, -0.2) is 0 Å². The summed E-state index contributed by atoms with van der Waals surface area (Å²) in [6, 6.07) is 2.03. The minimum atomic E-state index is -0.254. The van der Waals surface area contributed by atoms with E-state index in [1.165, 1.54) is 18.2 Å². The summed E-state index contributed by atoms with van der Waals surface area (Å²) in [5, 5.41) is 3.08. The van der Waals surface area contributed by atoms with Crippen LogP contribution in [-0.2, 0) is 16.1 Å². The zero-order valence-corrected chi connectivity index (χ0v) is 11.7. The van der Waals surface area contributed by atoms with E-state index >= 15 is 0 Å². The monoisotopic (exact) mass is 251 g/mol. The molecule has 0 radical (unpaired) electrons. The lowest BCUT2D eigenvalue weighted by Crippen LogP contribution is -2.24. The zero-order chi connectivity index (χ0) is 13.7. The van der Waals surface area contributed by atoms with E-state index < -0.39 is 0 Å². The highest BCUT2D eigenvalue weighted by Gasteiger charge is 2.10. The van der Waals surface area contributed by atoms with Crippen molar-refractivity contribution in [1.82, 2.24) is 5.32 Å². The third kappa shape index (κ3) is 3.23. The summed E-state index contributed by atoms with van der Waals surface area (Å²) in [5.74, 6) is 0.650. The number of carbonyl (C=O) groups excluding carboxylic acids is 1. The molecule has 0 saturated carbocycles. The van der Waals surface area contributed by atoms with Gasteiger partial charge in [-0.2, -0.15) is 0 Å². The van der Waals surface area contributed by atoms with Crippen molar-refractivity contribution in [3.05, 3.63) is 28.3 Å². The standard InChI is InChI=1S/C14H21NO3/c1-9-6-13(17-4)11(3)10(2)12(9)7-15-8-14(16)18-5/h6,15H,7-8H2,1-5H3. The Labute approximate surface area is 108 Å². The van der Waals surface area contributed by atoms with Crippen LogP contribution in [0, 0.1) is 20.8 Å². The lowest BCUT2D eigenvalue weighted by Gasteiger charge is -2.16. The van der Waals surface area contributed by atoms with Crippen molar-refractivity contribution in [2.24, 2.45) is 0 Å². The van der Waals surface area contributed by atoms with Gasteiger partial charge in [0.1, 0.15) is 5.75 Å². The van der Waals surface area contributed by atoms with Gasteiger partial charge < -0.3 is 14.8 Å². The molecule has 1 aromatic carbocycles. The van der Waals surface area contributed by atoms with Crippen LogP contribution < -0.4 is 10.1 Å². The van der Waals surface area contributed by atoms with Crippen LogP contribution in [0.3, 0.4) is 0 Å². The number of ether oxygens (including phenoxy) is 2. The Morgan fingerprint density at radius 3 is 2.44 bits per heavy atom. The molecule has 0 aromatic heterocycles. The van der Waals surface area contributed by atoms with E-state index in [1.807, 2.05) is 19.9 Å². The molecule has 0 aliphatic rings. The highest BCUT2D eigenvalue weighted by Crippen LogP contribution is 2.27. The number of nitrogens with one attached hydrogen (secondary N) is 1. The summed E-state index contributed by atoms with van der Waals surface area (Å²) in [5.41, 5.74) is 4.70. The van der Waals surface area contributed by atoms with Gasteiger partial charge in [0.15, 0.2) is 0 Å². The van der Waals surface area contributed by atoms with Gasteiger partial charge in [0.05, 0.1) is 20.8 Å². The normalized spacial score (nSPS) is 10.3. The Kier molecular flexibility index (Phi) is 5.16. The van der Waals surface area contributed by atoms with E-state index in [2.05, 4.69) is 17.0 Å². The molecule has 0 heterocycles. The maximum absolute atomic E-state index is 11.0. The van der Waals surface area contributed by atoms with Crippen LogP contribution in [0.2, 0.25) is 0 Å². The Morgan fingerprint density at radius 2 is 1.89 bits per heavy atom. The molecule has 0 aliphatic carbocycles. The average molecular weight is 251 g/mol. The number of carbonyl (C=O) groups is 1. The molecule has 0 unspecified atom stereocenters. The molecular formula is C14H21NO3. The quantitative estimate of drug-likeness (QED) is 0.812. The molecule has 4 heteroatoms. The molecule has 4 nitrogen and oxygen atoms in total. The van der Waals surface area contributed by atoms with E-state index in [0.717, 1.165) is 16.9 Å². The number of aryl methyl sites for hydroxylation is 1. The summed E-state index contributed by atoms with van der Waals surface area (Å²) < 4.78 is 9.91. The van der Waals surface area contributed by atoms with Crippen molar-refractivity contribution in [2.75, 3.05) is 20.8 Å². The van der Waals surface area contributed by atoms with Crippen molar-refractivity contribution in [2.45, 2.75) is 27.3 Å². The minimum Gasteiger partial charge on any atom is -0.496 e. The fourth-order valence-corrected chi connectivity index (χ4v) is 1.94. The molecule has 100 valence electrons. The predicted molar refractivity (Wildman–Crippen MR) is 70.9 cm³/mol. The van der Waals surface area contributed by atoms with Crippen LogP contribution in [0.5, 0.6) is 5.75 Å². The second-order valence-electron chi connectivity index (χ2n) is 4.30. The van der Waals surface area contributed by atoms with Gasteiger partial charge in [-0.15, -0.1) is 0 Å². The van der Waals surface area contributed by atoms with Crippen LogP contribution in [0.4, 0.5) is 0 Å². The van der Waals surface area contributed by atoms with E-state index in [0.29, 0.717) is 6.54 Å². The van der Waals surface area contributed by atoms with Crippen molar-refractivity contribution in [3.8, 4) is 5.75 Å². The number of benzene rings is 1. The van der Waals surface area contributed by atoms with Crippen molar-refractivity contribution >= 4 is 5.97 Å². The first-order chi connectivity index (χ1) is 8.51. The number of esters is 1. The molecule has 1 rings (SSSR count). The fraction of sp³-hybridized carbons (Fsp3) is 0.500. The SMILES string of the molecule is COC(=O)CNCc1c(C)cc(OC)c(C)c1C. The van der Waals surface area contributed by atoms with Gasteiger partial charge >= 0.3 is 5.97 Å². The Bertz CT molecular complexity index is 441. The minimum absolute atomic E-state index is 0.223. The Balaban J connectivity index is 2.83. The smallest absolute Gasteiger partial charge is 0.319 e. The van der Waals surface area contributed by atoms with E-state index in [-0.39, 0.29) is 12.5 Å². The topological polar surface area (TPSA) is 47.6 Å². The largest absolute Gasteiger partial charge is 0.496 e. The van der Waals surface area contributed by atoms with Gasteiger partial charge in [-0.1, -0.05) is 0 Å². The molecule has 1 aromatic rings. The predicted octanol–water partition coefficient (Wildman–Crippen LogP) is 1.88.